The number of pyridine rings is 1. The number of benzene rings is 1. The number of fused-ring (bicyclic) bond motifs is 1. The first-order chi connectivity index (χ1) is 15.9. The highest BCUT2D eigenvalue weighted by molar-refractivity contribution is 5.84. The van der Waals surface area contributed by atoms with Gasteiger partial charge in [-0.1, -0.05) is 18.2 Å². The Labute approximate surface area is 190 Å². The third-order valence-corrected chi connectivity index (χ3v) is 7.11. The number of alkyl halides is 3. The lowest BCUT2D eigenvalue weighted by Gasteiger charge is -2.37. The Hall–Kier alpha value is -3.03. The number of aromatic amines is 1. The molecule has 5 nitrogen and oxygen atoms in total. The molecule has 0 bridgehead atoms. The van der Waals surface area contributed by atoms with Crippen molar-refractivity contribution in [2.24, 2.45) is 5.92 Å². The van der Waals surface area contributed by atoms with Gasteiger partial charge in [0.15, 0.2) is 0 Å². The fourth-order valence-corrected chi connectivity index (χ4v) is 5.20. The largest absolute Gasteiger partial charge is 0.417 e. The van der Waals surface area contributed by atoms with Crippen LogP contribution in [-0.4, -0.2) is 47.0 Å². The lowest BCUT2D eigenvalue weighted by atomic mass is 9.88. The van der Waals surface area contributed by atoms with Crippen LogP contribution in [-0.2, 0) is 11.0 Å². The van der Waals surface area contributed by atoms with Gasteiger partial charge in [0.05, 0.1) is 5.56 Å². The molecule has 1 N–H and O–H groups in total. The van der Waals surface area contributed by atoms with Gasteiger partial charge in [0.2, 0.25) is 5.91 Å². The number of halogens is 3. The van der Waals surface area contributed by atoms with E-state index in [0.29, 0.717) is 37.7 Å². The minimum Gasteiger partial charge on any atom is -0.361 e. The fraction of sp³-hybridized carbons (Fsp3) is 0.440. The van der Waals surface area contributed by atoms with Gasteiger partial charge in [-0.15, -0.1) is 0 Å². The molecule has 0 radical (unpaired) electrons. The van der Waals surface area contributed by atoms with E-state index in [1.165, 1.54) is 17.0 Å². The molecule has 33 heavy (non-hydrogen) atoms. The molecule has 0 unspecified atom stereocenters. The Morgan fingerprint density at radius 1 is 0.970 bits per heavy atom. The predicted molar refractivity (Wildman–Crippen MR) is 121 cm³/mol. The van der Waals surface area contributed by atoms with Crippen molar-refractivity contribution in [3.05, 3.63) is 59.9 Å². The number of hydrogen-bond acceptors (Lipinski definition) is 3. The van der Waals surface area contributed by atoms with E-state index >= 15 is 0 Å². The topological polar surface area (TPSA) is 52.2 Å². The van der Waals surface area contributed by atoms with Gasteiger partial charge in [-0.2, -0.15) is 13.2 Å². The normalized spacial score (nSPS) is 18.8. The van der Waals surface area contributed by atoms with E-state index in [4.69, 9.17) is 0 Å². The minimum absolute atomic E-state index is 0.0275. The van der Waals surface area contributed by atoms with Crippen LogP contribution in [0.4, 0.5) is 19.0 Å². The summed E-state index contributed by atoms with van der Waals surface area (Å²) < 4.78 is 38.3. The first-order valence-electron chi connectivity index (χ1n) is 11.5. The summed E-state index contributed by atoms with van der Waals surface area (Å²) in [5, 5.41) is 1.27. The standard InChI is InChI=1S/C25H27F3N4O/c26-25(27,28)19-5-6-23(30-15-19)31-11-9-18(10-12-31)24(33)32-13-7-17(8-14-32)21-16-29-22-4-2-1-3-20(21)22/h1-6,15-18,29H,7-14H2. The summed E-state index contributed by atoms with van der Waals surface area (Å²) in [5.41, 5.74) is 1.75. The number of amides is 1. The predicted octanol–water partition coefficient (Wildman–Crippen LogP) is 5.20. The highest BCUT2D eigenvalue weighted by Crippen LogP contribution is 2.34. The van der Waals surface area contributed by atoms with Crippen LogP contribution in [0.5, 0.6) is 0 Å². The minimum atomic E-state index is -4.38. The maximum Gasteiger partial charge on any atom is 0.417 e. The Balaban J connectivity index is 1.14. The number of aromatic nitrogens is 2. The quantitative estimate of drug-likeness (QED) is 0.589. The van der Waals surface area contributed by atoms with Crippen molar-refractivity contribution in [3.8, 4) is 0 Å². The van der Waals surface area contributed by atoms with Crippen LogP contribution < -0.4 is 4.90 Å². The van der Waals surface area contributed by atoms with Crippen molar-refractivity contribution in [1.29, 1.82) is 0 Å². The summed E-state index contributed by atoms with van der Waals surface area (Å²) in [5.74, 6) is 1.18. The van der Waals surface area contributed by atoms with Crippen molar-refractivity contribution in [2.45, 2.75) is 37.8 Å². The lowest BCUT2D eigenvalue weighted by molar-refractivity contribution is -0.138. The van der Waals surface area contributed by atoms with Gasteiger partial charge in [0.1, 0.15) is 5.82 Å². The van der Waals surface area contributed by atoms with Crippen LogP contribution in [0.25, 0.3) is 10.9 Å². The van der Waals surface area contributed by atoms with Crippen LogP contribution in [0, 0.1) is 5.92 Å². The Bertz CT molecular complexity index is 1110. The molecule has 2 fully saturated rings. The molecule has 1 aromatic carbocycles. The molecule has 1 amide bonds. The lowest BCUT2D eigenvalue weighted by Crippen LogP contribution is -2.45. The van der Waals surface area contributed by atoms with Gasteiger partial charge in [0, 0.05) is 55.4 Å². The molecule has 0 spiro atoms. The first kappa shape index (κ1) is 21.8. The zero-order chi connectivity index (χ0) is 23.0. The van der Waals surface area contributed by atoms with Crippen molar-refractivity contribution < 1.29 is 18.0 Å². The maximum absolute atomic E-state index is 13.1. The number of carbonyl (C=O) groups is 1. The number of hydrogen-bond donors (Lipinski definition) is 1. The van der Waals surface area contributed by atoms with Gasteiger partial charge in [0.25, 0.3) is 0 Å². The second-order valence-electron chi connectivity index (χ2n) is 9.05. The maximum atomic E-state index is 13.1. The molecule has 0 saturated carbocycles. The summed E-state index contributed by atoms with van der Waals surface area (Å²) in [6.07, 6.45) is 1.92. The fourth-order valence-electron chi connectivity index (χ4n) is 5.20. The average Bonchev–Trinajstić information content (AvgIpc) is 3.28. The Kier molecular flexibility index (Phi) is 5.76. The van der Waals surface area contributed by atoms with Gasteiger partial charge >= 0.3 is 6.18 Å². The molecule has 0 atom stereocenters. The number of likely N-dealkylation sites (tertiary alicyclic amines) is 1. The summed E-state index contributed by atoms with van der Waals surface area (Å²) in [6, 6.07) is 10.8. The number of nitrogens with zero attached hydrogens (tertiary/aromatic N) is 3. The molecular formula is C25H27F3N4O. The molecule has 4 heterocycles. The zero-order valence-electron chi connectivity index (χ0n) is 18.3. The molecule has 174 valence electrons. The van der Waals surface area contributed by atoms with E-state index in [1.54, 1.807) is 0 Å². The van der Waals surface area contributed by atoms with Gasteiger partial charge in [-0.05, 0) is 55.4 Å². The van der Waals surface area contributed by atoms with Crippen molar-refractivity contribution in [3.63, 3.8) is 0 Å². The SMILES string of the molecule is O=C(C1CCN(c2ccc(C(F)(F)F)cn2)CC1)N1CCC(c2c[nH]c3ccccc23)CC1. The van der Waals surface area contributed by atoms with E-state index in [1.807, 2.05) is 15.9 Å². The molecule has 2 saturated heterocycles. The molecule has 0 aliphatic carbocycles. The van der Waals surface area contributed by atoms with Crippen molar-refractivity contribution in [2.75, 3.05) is 31.1 Å². The molecule has 5 rings (SSSR count). The van der Waals surface area contributed by atoms with Gasteiger partial charge < -0.3 is 14.8 Å². The van der Waals surface area contributed by atoms with Crippen LogP contribution in [0.15, 0.2) is 48.8 Å². The zero-order valence-corrected chi connectivity index (χ0v) is 18.3. The number of rotatable bonds is 3. The molecule has 8 heteroatoms. The molecule has 2 aromatic heterocycles. The van der Waals surface area contributed by atoms with Crippen LogP contribution in [0.3, 0.4) is 0 Å². The summed E-state index contributed by atoms with van der Waals surface area (Å²) >= 11 is 0. The molecule has 2 aliphatic heterocycles. The molecule has 3 aromatic rings. The van der Waals surface area contributed by atoms with Crippen LogP contribution in [0.2, 0.25) is 0 Å². The second-order valence-corrected chi connectivity index (χ2v) is 9.05. The highest BCUT2D eigenvalue weighted by Gasteiger charge is 2.33. The number of anilines is 1. The smallest absolute Gasteiger partial charge is 0.361 e. The third-order valence-electron chi connectivity index (χ3n) is 7.11. The van der Waals surface area contributed by atoms with Crippen LogP contribution in [0.1, 0.15) is 42.7 Å². The average molecular weight is 457 g/mol. The van der Waals surface area contributed by atoms with Crippen molar-refractivity contribution >= 4 is 22.6 Å². The Morgan fingerprint density at radius 2 is 1.70 bits per heavy atom. The van der Waals surface area contributed by atoms with Crippen LogP contribution >= 0.6 is 0 Å². The van der Waals surface area contributed by atoms with E-state index in [9.17, 15) is 18.0 Å². The first-order valence-corrected chi connectivity index (χ1v) is 11.5. The van der Waals surface area contributed by atoms with E-state index in [2.05, 4.69) is 34.4 Å². The summed E-state index contributed by atoms with van der Waals surface area (Å²) in [6.45, 7) is 2.79. The van der Waals surface area contributed by atoms with E-state index < -0.39 is 11.7 Å². The monoisotopic (exact) mass is 456 g/mol. The van der Waals surface area contributed by atoms with E-state index in [-0.39, 0.29) is 11.8 Å². The number of H-pyrrole nitrogens is 1. The number of carbonyl (C=O) groups excluding carboxylic acids is 1. The number of para-hydroxylation sites is 1. The number of piperidine rings is 2. The van der Waals surface area contributed by atoms with Gasteiger partial charge in [-0.3, -0.25) is 4.79 Å². The van der Waals surface area contributed by atoms with E-state index in [0.717, 1.165) is 43.7 Å². The third kappa shape index (κ3) is 4.43. The molecule has 2 aliphatic rings. The summed E-state index contributed by atoms with van der Waals surface area (Å²) in [4.78, 5) is 24.4. The number of nitrogens with one attached hydrogen (secondary N) is 1. The second kappa shape index (κ2) is 8.72. The van der Waals surface area contributed by atoms with Crippen molar-refractivity contribution in [1.82, 2.24) is 14.9 Å². The van der Waals surface area contributed by atoms with Gasteiger partial charge in [-0.25, -0.2) is 4.98 Å². The highest BCUT2D eigenvalue weighted by atomic mass is 19.4. The Morgan fingerprint density at radius 3 is 2.36 bits per heavy atom. The summed E-state index contributed by atoms with van der Waals surface area (Å²) in [7, 11) is 0. The molecular weight excluding hydrogens is 429 g/mol.